The van der Waals surface area contributed by atoms with E-state index in [9.17, 15) is 14.0 Å². The van der Waals surface area contributed by atoms with Gasteiger partial charge in [-0.1, -0.05) is 12.1 Å². The molecule has 0 spiro atoms. The van der Waals surface area contributed by atoms with Gasteiger partial charge in [0.05, 0.1) is 18.2 Å². The van der Waals surface area contributed by atoms with Crippen molar-refractivity contribution >= 4 is 17.6 Å². The summed E-state index contributed by atoms with van der Waals surface area (Å²) >= 11 is 0. The summed E-state index contributed by atoms with van der Waals surface area (Å²) in [5.74, 6) is 0.0604. The van der Waals surface area contributed by atoms with Crippen molar-refractivity contribution in [3.63, 3.8) is 0 Å². The summed E-state index contributed by atoms with van der Waals surface area (Å²) in [7, 11) is 1.73. The number of rotatable bonds is 1. The first-order chi connectivity index (χ1) is 12.5. The standard InChI is InChI=1S/C19H18FN3O3/c1-22-15-10-23(19(25)21-13-8-6-12(20)7-9-13)11-17(15)26-16-5-3-2-4-14(16)18(22)24/h2-9,15,17H,10-11H2,1H3,(H,21,25). The van der Waals surface area contributed by atoms with E-state index in [1.54, 1.807) is 35.0 Å². The highest BCUT2D eigenvalue weighted by atomic mass is 19.1. The molecule has 0 aromatic heterocycles. The lowest BCUT2D eigenvalue weighted by atomic mass is 10.1. The number of halogens is 1. The molecule has 2 heterocycles. The lowest BCUT2D eigenvalue weighted by Gasteiger charge is -2.25. The van der Waals surface area contributed by atoms with E-state index >= 15 is 0 Å². The van der Waals surface area contributed by atoms with Gasteiger partial charge >= 0.3 is 6.03 Å². The summed E-state index contributed by atoms with van der Waals surface area (Å²) in [5, 5.41) is 2.74. The Morgan fingerprint density at radius 1 is 1.15 bits per heavy atom. The number of likely N-dealkylation sites (N-methyl/N-ethyl adjacent to an activating group) is 1. The fraction of sp³-hybridized carbons (Fsp3) is 0.263. The van der Waals surface area contributed by atoms with E-state index in [2.05, 4.69) is 5.32 Å². The molecule has 6 nitrogen and oxygen atoms in total. The highest BCUT2D eigenvalue weighted by Crippen LogP contribution is 2.30. The Hall–Kier alpha value is -3.09. The van der Waals surface area contributed by atoms with Crippen LogP contribution in [0.5, 0.6) is 5.75 Å². The second kappa shape index (κ2) is 6.33. The smallest absolute Gasteiger partial charge is 0.322 e. The third-order valence-electron chi connectivity index (χ3n) is 4.83. The number of hydrogen-bond donors (Lipinski definition) is 1. The summed E-state index contributed by atoms with van der Waals surface area (Å²) < 4.78 is 19.0. The van der Waals surface area contributed by atoms with Gasteiger partial charge in [0, 0.05) is 19.3 Å². The predicted octanol–water partition coefficient (Wildman–Crippen LogP) is 2.58. The molecule has 1 saturated heterocycles. The number of anilines is 1. The van der Waals surface area contributed by atoms with Gasteiger partial charge in [-0.3, -0.25) is 4.79 Å². The highest BCUT2D eigenvalue weighted by molar-refractivity contribution is 5.97. The van der Waals surface area contributed by atoms with Gasteiger partial charge in [-0.15, -0.1) is 0 Å². The molecular formula is C19H18FN3O3. The van der Waals surface area contributed by atoms with Crippen LogP contribution in [0, 0.1) is 5.82 Å². The van der Waals surface area contributed by atoms with E-state index < -0.39 is 0 Å². The van der Waals surface area contributed by atoms with Gasteiger partial charge in [0.25, 0.3) is 5.91 Å². The van der Waals surface area contributed by atoms with Gasteiger partial charge < -0.3 is 19.9 Å². The molecule has 2 aliphatic rings. The van der Waals surface area contributed by atoms with Gasteiger partial charge in [-0.25, -0.2) is 9.18 Å². The number of nitrogens with one attached hydrogen (secondary N) is 1. The number of hydrogen-bond acceptors (Lipinski definition) is 3. The number of nitrogens with zero attached hydrogens (tertiary/aromatic N) is 2. The number of benzene rings is 2. The van der Waals surface area contributed by atoms with E-state index in [1.165, 1.54) is 24.3 Å². The van der Waals surface area contributed by atoms with E-state index in [-0.39, 0.29) is 29.9 Å². The molecule has 1 N–H and O–H groups in total. The summed E-state index contributed by atoms with van der Waals surface area (Å²) in [4.78, 5) is 28.4. The average molecular weight is 355 g/mol. The number of para-hydroxylation sites is 1. The fourth-order valence-corrected chi connectivity index (χ4v) is 3.40. The van der Waals surface area contributed by atoms with Crippen molar-refractivity contribution < 1.29 is 18.7 Å². The van der Waals surface area contributed by atoms with Crippen LogP contribution >= 0.6 is 0 Å². The maximum absolute atomic E-state index is 13.0. The summed E-state index contributed by atoms with van der Waals surface area (Å²) in [5.41, 5.74) is 1.05. The van der Waals surface area contributed by atoms with Gasteiger partial charge in [0.2, 0.25) is 0 Å². The van der Waals surface area contributed by atoms with Crippen LogP contribution in [0.3, 0.4) is 0 Å². The lowest BCUT2D eigenvalue weighted by Crippen LogP contribution is -2.44. The van der Waals surface area contributed by atoms with Gasteiger partial charge in [0.15, 0.2) is 0 Å². The molecule has 2 aliphatic heterocycles. The maximum atomic E-state index is 13.0. The summed E-state index contributed by atoms with van der Waals surface area (Å²) in [6.45, 7) is 0.734. The number of likely N-dealkylation sites (tertiary alicyclic amines) is 1. The molecular weight excluding hydrogens is 337 g/mol. The van der Waals surface area contributed by atoms with Gasteiger partial charge in [-0.05, 0) is 36.4 Å². The van der Waals surface area contributed by atoms with Gasteiger partial charge in [0.1, 0.15) is 17.7 Å². The van der Waals surface area contributed by atoms with Crippen LogP contribution in [0.1, 0.15) is 10.4 Å². The SMILES string of the molecule is CN1C(=O)c2ccccc2OC2CN(C(=O)Nc3ccc(F)cc3)CC21. The molecule has 2 aromatic rings. The monoisotopic (exact) mass is 355 g/mol. The topological polar surface area (TPSA) is 61.9 Å². The first-order valence-electron chi connectivity index (χ1n) is 8.37. The van der Waals surface area contributed by atoms with Crippen LogP contribution in [-0.2, 0) is 0 Å². The minimum atomic E-state index is -0.362. The Kier molecular flexibility index (Phi) is 3.99. The maximum Gasteiger partial charge on any atom is 0.322 e. The fourth-order valence-electron chi connectivity index (χ4n) is 3.40. The first-order valence-corrected chi connectivity index (χ1v) is 8.37. The molecule has 2 unspecified atom stereocenters. The van der Waals surface area contributed by atoms with Crippen LogP contribution in [0.2, 0.25) is 0 Å². The third-order valence-corrected chi connectivity index (χ3v) is 4.83. The number of urea groups is 1. The van der Waals surface area contributed by atoms with E-state index in [0.29, 0.717) is 30.1 Å². The minimum Gasteiger partial charge on any atom is -0.486 e. The van der Waals surface area contributed by atoms with Gasteiger partial charge in [-0.2, -0.15) is 0 Å². The molecule has 0 aliphatic carbocycles. The van der Waals surface area contributed by atoms with Crippen molar-refractivity contribution in [3.8, 4) is 5.75 Å². The molecule has 134 valence electrons. The normalized spacial score (nSPS) is 21.5. The number of amides is 3. The second-order valence-corrected chi connectivity index (χ2v) is 6.48. The largest absolute Gasteiger partial charge is 0.486 e. The number of carbonyl (C=O) groups excluding carboxylic acids is 2. The third kappa shape index (κ3) is 2.85. The van der Waals surface area contributed by atoms with E-state index in [1.807, 2.05) is 6.07 Å². The Morgan fingerprint density at radius 3 is 2.65 bits per heavy atom. The van der Waals surface area contributed by atoms with Crippen LogP contribution < -0.4 is 10.1 Å². The molecule has 2 aromatic carbocycles. The molecule has 7 heteroatoms. The second-order valence-electron chi connectivity index (χ2n) is 6.48. The van der Waals surface area contributed by atoms with Crippen molar-refractivity contribution in [2.24, 2.45) is 0 Å². The zero-order valence-corrected chi connectivity index (χ0v) is 14.2. The Labute approximate surface area is 150 Å². The molecule has 1 fully saturated rings. The van der Waals surface area contributed by atoms with Crippen molar-refractivity contribution in [3.05, 3.63) is 59.9 Å². The molecule has 0 saturated carbocycles. The Bertz CT molecular complexity index is 855. The van der Waals surface area contributed by atoms with Crippen LogP contribution in [0.25, 0.3) is 0 Å². The van der Waals surface area contributed by atoms with Crippen LogP contribution in [0.15, 0.2) is 48.5 Å². The zero-order chi connectivity index (χ0) is 18.3. The Morgan fingerprint density at radius 2 is 1.88 bits per heavy atom. The summed E-state index contributed by atoms with van der Waals surface area (Å²) in [6.07, 6.45) is -0.299. The van der Waals surface area contributed by atoms with Crippen LogP contribution in [0.4, 0.5) is 14.9 Å². The lowest BCUT2D eigenvalue weighted by molar-refractivity contribution is 0.0682. The van der Waals surface area contributed by atoms with E-state index in [0.717, 1.165) is 0 Å². The summed E-state index contributed by atoms with van der Waals surface area (Å²) in [6, 6.07) is 12.2. The zero-order valence-electron chi connectivity index (χ0n) is 14.2. The number of ether oxygens (including phenoxy) is 1. The highest BCUT2D eigenvalue weighted by Gasteiger charge is 2.43. The molecule has 0 bridgehead atoms. The molecule has 3 amide bonds. The van der Waals surface area contributed by atoms with Crippen molar-refractivity contribution in [1.29, 1.82) is 0 Å². The van der Waals surface area contributed by atoms with Crippen molar-refractivity contribution in [1.82, 2.24) is 9.80 Å². The van der Waals surface area contributed by atoms with Crippen LogP contribution in [-0.4, -0.2) is 54.0 Å². The first kappa shape index (κ1) is 16.4. The number of carbonyl (C=O) groups is 2. The van der Waals surface area contributed by atoms with E-state index in [4.69, 9.17) is 4.74 Å². The molecule has 26 heavy (non-hydrogen) atoms. The Balaban J connectivity index is 1.51. The average Bonchev–Trinajstić information content (AvgIpc) is 3.03. The van der Waals surface area contributed by atoms with Crippen molar-refractivity contribution in [2.45, 2.75) is 12.1 Å². The number of fused-ring (bicyclic) bond motifs is 2. The quantitative estimate of drug-likeness (QED) is 0.855. The van der Waals surface area contributed by atoms with Crippen molar-refractivity contribution in [2.75, 3.05) is 25.5 Å². The molecule has 2 atom stereocenters. The molecule has 0 radical (unpaired) electrons. The molecule has 4 rings (SSSR count). The minimum absolute atomic E-state index is 0.117. The predicted molar refractivity (Wildman–Crippen MR) is 93.7 cm³/mol.